The number of rotatable bonds is 8. The van der Waals surface area contributed by atoms with Crippen LogP contribution in [0.5, 0.6) is 0 Å². The molecule has 240 valence electrons. The lowest BCUT2D eigenvalue weighted by atomic mass is 9.84. The van der Waals surface area contributed by atoms with E-state index in [0.717, 1.165) is 50.9 Å². The lowest BCUT2D eigenvalue weighted by molar-refractivity contribution is -0.146. The van der Waals surface area contributed by atoms with Gasteiger partial charge in [-0.3, -0.25) is 14.4 Å². The average Bonchev–Trinajstić information content (AvgIpc) is 3.55. The van der Waals surface area contributed by atoms with Crippen molar-refractivity contribution in [1.82, 2.24) is 30.2 Å². The van der Waals surface area contributed by atoms with E-state index in [4.69, 9.17) is 9.47 Å². The van der Waals surface area contributed by atoms with E-state index in [9.17, 15) is 19.5 Å². The number of esters is 1. The molecule has 2 aromatic heterocycles. The average molecular weight is 637 g/mol. The second kappa shape index (κ2) is 12.3. The van der Waals surface area contributed by atoms with Crippen molar-refractivity contribution in [3.63, 3.8) is 0 Å². The van der Waals surface area contributed by atoms with E-state index in [1.54, 1.807) is 16.0 Å². The molecule has 2 N–H and O–H groups in total. The predicted octanol–water partition coefficient (Wildman–Crippen LogP) is 3.38. The van der Waals surface area contributed by atoms with Crippen LogP contribution in [0.1, 0.15) is 85.2 Å². The van der Waals surface area contributed by atoms with E-state index in [0.29, 0.717) is 19.1 Å². The van der Waals surface area contributed by atoms with Gasteiger partial charge >= 0.3 is 5.97 Å². The molecular weight excluding hydrogens is 596 g/mol. The van der Waals surface area contributed by atoms with Crippen molar-refractivity contribution in [2.24, 2.45) is 5.41 Å². The van der Waals surface area contributed by atoms with Crippen LogP contribution in [-0.4, -0.2) is 80.2 Å². The molecule has 1 saturated heterocycles. The van der Waals surface area contributed by atoms with Gasteiger partial charge in [-0.2, -0.15) is 0 Å². The summed E-state index contributed by atoms with van der Waals surface area (Å²) in [7, 11) is 1.30. The minimum atomic E-state index is -0.940. The molecule has 0 spiro atoms. The molecule has 1 aliphatic carbocycles. The summed E-state index contributed by atoms with van der Waals surface area (Å²) in [5.74, 6) is -0.924. The van der Waals surface area contributed by atoms with Crippen LogP contribution in [-0.2, 0) is 30.5 Å². The normalized spacial score (nSPS) is 23.2. The number of hydrogen-bond donors (Lipinski definition) is 2. The monoisotopic (exact) mass is 636 g/mol. The van der Waals surface area contributed by atoms with Gasteiger partial charge in [0.2, 0.25) is 11.8 Å². The van der Waals surface area contributed by atoms with Crippen molar-refractivity contribution in [2.45, 2.75) is 90.1 Å². The Morgan fingerprint density at radius 3 is 2.58 bits per heavy atom. The summed E-state index contributed by atoms with van der Waals surface area (Å²) in [5.41, 5.74) is 3.67. The van der Waals surface area contributed by atoms with Gasteiger partial charge < -0.3 is 24.8 Å². The van der Waals surface area contributed by atoms with Crippen molar-refractivity contribution in [3.8, 4) is 10.4 Å². The number of aryl methyl sites for hydroxylation is 2. The number of aliphatic hydroxyl groups excluding tert-OH is 1. The van der Waals surface area contributed by atoms with Crippen molar-refractivity contribution in [2.75, 3.05) is 20.3 Å². The van der Waals surface area contributed by atoms with Gasteiger partial charge in [0.1, 0.15) is 12.1 Å². The van der Waals surface area contributed by atoms with Gasteiger partial charge in [0.15, 0.2) is 0 Å². The minimum absolute atomic E-state index is 0.00779. The van der Waals surface area contributed by atoms with Crippen molar-refractivity contribution >= 4 is 29.1 Å². The van der Waals surface area contributed by atoms with Gasteiger partial charge in [-0.1, -0.05) is 43.3 Å². The number of ether oxygens (including phenoxy) is 2. The molecule has 0 unspecified atom stereocenters. The lowest BCUT2D eigenvalue weighted by Crippen LogP contribution is -2.51. The highest BCUT2D eigenvalue weighted by molar-refractivity contribution is 7.15. The fourth-order valence-corrected chi connectivity index (χ4v) is 7.43. The third-order valence-corrected chi connectivity index (χ3v) is 10.1. The molecule has 1 saturated carbocycles. The maximum Gasteiger partial charge on any atom is 0.307 e. The first-order chi connectivity index (χ1) is 21.5. The summed E-state index contributed by atoms with van der Waals surface area (Å²) in [6, 6.07) is 5.23. The van der Waals surface area contributed by atoms with Crippen molar-refractivity contribution < 1.29 is 29.0 Å². The highest BCUT2D eigenvalue weighted by Gasteiger charge is 2.49. The summed E-state index contributed by atoms with van der Waals surface area (Å²) < 4.78 is 12.6. The van der Waals surface area contributed by atoms with Crippen molar-refractivity contribution in [1.29, 1.82) is 0 Å². The third kappa shape index (κ3) is 6.25. The van der Waals surface area contributed by atoms with Crippen LogP contribution < -0.4 is 5.32 Å². The molecule has 2 amide bonds. The fourth-order valence-electron chi connectivity index (χ4n) is 6.51. The van der Waals surface area contributed by atoms with Gasteiger partial charge in [-0.25, -0.2) is 9.67 Å². The Morgan fingerprint density at radius 1 is 1.20 bits per heavy atom. The number of carbonyl (C=O) groups is 3. The Labute approximate surface area is 266 Å². The quantitative estimate of drug-likeness (QED) is 0.355. The number of nitrogens with zero attached hydrogens (tertiary/aromatic N) is 5. The molecule has 2 aliphatic heterocycles. The van der Waals surface area contributed by atoms with E-state index < -0.39 is 41.5 Å². The molecule has 4 heterocycles. The maximum absolute atomic E-state index is 14.4. The Bertz CT molecular complexity index is 1600. The number of nitrogens with one attached hydrogen (secondary N) is 1. The van der Waals surface area contributed by atoms with Crippen molar-refractivity contribution in [3.05, 3.63) is 51.9 Å². The summed E-state index contributed by atoms with van der Waals surface area (Å²) in [5, 5.41) is 23.5. The Balaban J connectivity index is 1.25. The summed E-state index contributed by atoms with van der Waals surface area (Å²) in [4.78, 5) is 47.8. The largest absolute Gasteiger partial charge is 0.469 e. The van der Waals surface area contributed by atoms with E-state index in [1.165, 1.54) is 12.0 Å². The van der Waals surface area contributed by atoms with Crippen LogP contribution in [0.2, 0.25) is 0 Å². The Kier molecular flexibility index (Phi) is 8.53. The maximum atomic E-state index is 14.4. The van der Waals surface area contributed by atoms with Gasteiger partial charge in [0.05, 0.1) is 65.9 Å². The fraction of sp³-hybridized carbons (Fsp3) is 0.562. The molecule has 12 nitrogen and oxygen atoms in total. The van der Waals surface area contributed by atoms with Gasteiger partial charge in [0, 0.05) is 24.3 Å². The lowest BCUT2D eigenvalue weighted by Gasteiger charge is -2.35. The van der Waals surface area contributed by atoms with E-state index >= 15 is 0 Å². The van der Waals surface area contributed by atoms with Crippen LogP contribution >= 0.6 is 11.3 Å². The second-order valence-corrected chi connectivity index (χ2v) is 14.2. The molecule has 6 rings (SSSR count). The van der Waals surface area contributed by atoms with Crippen LogP contribution in [0.25, 0.3) is 10.4 Å². The molecule has 0 bridgehead atoms. The van der Waals surface area contributed by atoms with E-state index in [-0.39, 0.29) is 25.3 Å². The minimum Gasteiger partial charge on any atom is -0.469 e. The summed E-state index contributed by atoms with van der Waals surface area (Å²) in [6.45, 7) is 8.46. The van der Waals surface area contributed by atoms with E-state index in [1.807, 2.05) is 52.0 Å². The smallest absolute Gasteiger partial charge is 0.307 e. The first kappa shape index (κ1) is 31.3. The SMILES string of the molecule is COC(=O)C[C@H](NC(=O)[C@@H]1C[C@@H](O)CN1C(=O)[C@@H]1n2nnc(C3CC3)c2COCC1(C)C)c1ccc(-c2sc(C)nc2C)cc1. The van der Waals surface area contributed by atoms with Crippen LogP contribution in [0.4, 0.5) is 0 Å². The van der Waals surface area contributed by atoms with Crippen LogP contribution in [0, 0.1) is 19.3 Å². The number of hydrogen-bond acceptors (Lipinski definition) is 10. The molecule has 13 heteroatoms. The second-order valence-electron chi connectivity index (χ2n) is 13.0. The van der Waals surface area contributed by atoms with Crippen LogP contribution in [0.15, 0.2) is 24.3 Å². The zero-order valence-corrected chi connectivity index (χ0v) is 27.1. The number of carbonyl (C=O) groups excluding carboxylic acids is 3. The number of β-amino-alcohol motifs (C(OH)–C–C–N with tert-alkyl or cyclic N) is 1. The highest BCUT2D eigenvalue weighted by atomic mass is 32.1. The Hall–Kier alpha value is -3.68. The first-order valence-electron chi connectivity index (χ1n) is 15.4. The van der Waals surface area contributed by atoms with Crippen LogP contribution in [0.3, 0.4) is 0 Å². The number of aromatic nitrogens is 4. The standard InChI is InChI=1S/C32H40N6O6S/c1-17-28(45-18(2)33-17)21-10-6-19(7-11-21)23(13-26(40)43-5)34-30(41)24-12-22(39)14-37(24)31(42)29-32(3,4)16-44-15-25-27(20-8-9-20)35-36-38(25)29/h6-7,10-11,20,22-24,29,39H,8-9,12-16H2,1-5H3,(H,34,41)/t22-,23+,24+,29+/m1/s1. The number of methoxy groups -OCH3 is 1. The van der Waals surface area contributed by atoms with Gasteiger partial charge in [0.25, 0.3) is 0 Å². The third-order valence-electron chi connectivity index (χ3n) is 8.98. The van der Waals surface area contributed by atoms with Gasteiger partial charge in [-0.05, 0) is 37.8 Å². The van der Waals surface area contributed by atoms with E-state index in [2.05, 4.69) is 20.6 Å². The summed E-state index contributed by atoms with van der Waals surface area (Å²) >= 11 is 1.61. The Morgan fingerprint density at radius 2 is 1.93 bits per heavy atom. The zero-order chi connectivity index (χ0) is 32.0. The number of aliphatic hydroxyl groups is 1. The molecule has 45 heavy (non-hydrogen) atoms. The molecule has 3 aliphatic rings. The predicted molar refractivity (Wildman–Crippen MR) is 165 cm³/mol. The zero-order valence-electron chi connectivity index (χ0n) is 26.3. The molecule has 1 aromatic carbocycles. The number of benzene rings is 1. The molecule has 2 fully saturated rings. The number of thiazole rings is 1. The molecule has 0 radical (unpaired) electrons. The number of likely N-dealkylation sites (tertiary alicyclic amines) is 1. The molecular formula is C32H40N6O6S. The highest BCUT2D eigenvalue weighted by Crippen LogP contribution is 2.44. The van der Waals surface area contributed by atoms with Gasteiger partial charge in [-0.15, -0.1) is 16.4 Å². The number of fused-ring (bicyclic) bond motifs is 1. The number of amides is 2. The molecule has 3 aromatic rings. The topological polar surface area (TPSA) is 149 Å². The first-order valence-corrected chi connectivity index (χ1v) is 16.2. The summed E-state index contributed by atoms with van der Waals surface area (Å²) in [6.07, 6.45) is 1.18. The molecule has 4 atom stereocenters.